The number of hydrogen-bond donors (Lipinski definition) is 1. The molecule has 1 unspecified atom stereocenters. The van der Waals surface area contributed by atoms with Crippen LogP contribution in [-0.4, -0.2) is 42.1 Å². The van der Waals surface area contributed by atoms with E-state index in [9.17, 15) is 4.79 Å². The first-order chi connectivity index (χ1) is 7.37. The Morgan fingerprint density at radius 3 is 2.38 bits per heavy atom. The van der Waals surface area contributed by atoms with Gasteiger partial charge in [-0.2, -0.15) is 4.99 Å². The highest BCUT2D eigenvalue weighted by atomic mass is 16.5. The average molecular weight is 227 g/mol. The van der Waals surface area contributed by atoms with Crippen LogP contribution < -0.4 is 5.73 Å². The van der Waals surface area contributed by atoms with Crippen molar-refractivity contribution >= 4 is 11.9 Å². The summed E-state index contributed by atoms with van der Waals surface area (Å²) in [6.45, 7) is 8.34. The van der Waals surface area contributed by atoms with Gasteiger partial charge in [0.25, 0.3) is 0 Å². The van der Waals surface area contributed by atoms with Crippen molar-refractivity contribution in [3.8, 4) is 0 Å². The molecule has 0 saturated carbocycles. The van der Waals surface area contributed by atoms with Crippen molar-refractivity contribution in [3.63, 3.8) is 0 Å². The zero-order chi connectivity index (χ0) is 12.5. The van der Waals surface area contributed by atoms with Gasteiger partial charge >= 0.3 is 6.03 Å². The van der Waals surface area contributed by atoms with Crippen molar-refractivity contribution in [1.29, 1.82) is 0 Å². The second-order valence-corrected chi connectivity index (χ2v) is 4.76. The van der Waals surface area contributed by atoms with E-state index < -0.39 is 5.54 Å². The second-order valence-electron chi connectivity index (χ2n) is 4.76. The zero-order valence-electron chi connectivity index (χ0n) is 10.7. The minimum Gasteiger partial charge on any atom is -0.385 e. The Morgan fingerprint density at radius 1 is 1.44 bits per heavy atom. The van der Waals surface area contributed by atoms with Crippen molar-refractivity contribution < 1.29 is 9.53 Å². The molecule has 1 aliphatic heterocycles. The monoisotopic (exact) mass is 227 g/mol. The first kappa shape index (κ1) is 13.0. The van der Waals surface area contributed by atoms with Gasteiger partial charge in [0.15, 0.2) is 0 Å². The van der Waals surface area contributed by atoms with Crippen LogP contribution >= 0.6 is 0 Å². The van der Waals surface area contributed by atoms with Gasteiger partial charge in [-0.15, -0.1) is 0 Å². The lowest BCUT2D eigenvalue weighted by atomic mass is 9.84. The third-order valence-corrected chi connectivity index (χ3v) is 3.13. The SMILES string of the molecule is COCC1(C(C)C)C(N)=NC(=O)N1C(C)C. The molecule has 1 aliphatic rings. The molecule has 0 bridgehead atoms. The van der Waals surface area contributed by atoms with E-state index in [1.54, 1.807) is 12.0 Å². The van der Waals surface area contributed by atoms with E-state index in [4.69, 9.17) is 10.5 Å². The van der Waals surface area contributed by atoms with Crippen molar-refractivity contribution in [3.05, 3.63) is 0 Å². The smallest absolute Gasteiger partial charge is 0.346 e. The Balaban J connectivity index is 3.21. The summed E-state index contributed by atoms with van der Waals surface area (Å²) in [4.78, 5) is 17.4. The number of amidine groups is 1. The number of carbonyl (C=O) groups excluding carboxylic acids is 1. The summed E-state index contributed by atoms with van der Waals surface area (Å²) in [6, 6.07) is -0.215. The Kier molecular flexibility index (Phi) is 3.57. The fraction of sp³-hybridized carbons (Fsp3) is 0.818. The van der Waals surface area contributed by atoms with Crippen molar-refractivity contribution in [2.75, 3.05) is 13.7 Å². The van der Waals surface area contributed by atoms with E-state index in [0.29, 0.717) is 12.4 Å². The Morgan fingerprint density at radius 2 is 2.00 bits per heavy atom. The summed E-state index contributed by atoms with van der Waals surface area (Å²) in [5.74, 6) is 0.521. The number of ether oxygens (including phenoxy) is 1. The molecule has 1 rings (SSSR count). The van der Waals surface area contributed by atoms with Gasteiger partial charge in [-0.3, -0.25) is 0 Å². The minimum absolute atomic E-state index is 0.0508. The van der Waals surface area contributed by atoms with E-state index in [2.05, 4.69) is 4.99 Å². The summed E-state index contributed by atoms with van der Waals surface area (Å²) >= 11 is 0. The van der Waals surface area contributed by atoms with Crippen LogP contribution in [0.15, 0.2) is 4.99 Å². The average Bonchev–Trinajstić information content (AvgIpc) is 2.39. The van der Waals surface area contributed by atoms with Crippen molar-refractivity contribution in [2.45, 2.75) is 39.3 Å². The highest BCUT2D eigenvalue weighted by Gasteiger charge is 2.51. The van der Waals surface area contributed by atoms with Gasteiger partial charge in [0.2, 0.25) is 0 Å². The summed E-state index contributed by atoms with van der Waals surface area (Å²) in [5.41, 5.74) is 5.33. The maximum Gasteiger partial charge on any atom is 0.346 e. The molecule has 2 N–H and O–H groups in total. The second kappa shape index (κ2) is 4.41. The number of methoxy groups -OCH3 is 1. The predicted molar refractivity (Wildman–Crippen MR) is 63.4 cm³/mol. The van der Waals surface area contributed by atoms with Gasteiger partial charge in [-0.05, 0) is 19.8 Å². The van der Waals surface area contributed by atoms with E-state index in [1.807, 2.05) is 27.7 Å². The Bertz CT molecular complexity index is 312. The van der Waals surface area contributed by atoms with Gasteiger partial charge in [0.1, 0.15) is 11.4 Å². The third kappa shape index (κ3) is 1.69. The number of rotatable bonds is 4. The summed E-state index contributed by atoms with van der Waals surface area (Å²) in [6.07, 6.45) is 0. The lowest BCUT2D eigenvalue weighted by Gasteiger charge is -2.42. The molecule has 5 nitrogen and oxygen atoms in total. The van der Waals surface area contributed by atoms with Crippen LogP contribution in [0, 0.1) is 5.92 Å². The number of nitrogens with zero attached hydrogens (tertiary/aromatic N) is 2. The zero-order valence-corrected chi connectivity index (χ0v) is 10.7. The molecule has 1 heterocycles. The molecular formula is C11H21N3O2. The molecular weight excluding hydrogens is 206 g/mol. The van der Waals surface area contributed by atoms with Gasteiger partial charge in [0, 0.05) is 13.2 Å². The molecule has 0 radical (unpaired) electrons. The molecule has 16 heavy (non-hydrogen) atoms. The van der Waals surface area contributed by atoms with Gasteiger partial charge < -0.3 is 15.4 Å². The third-order valence-electron chi connectivity index (χ3n) is 3.13. The number of amides is 2. The standard InChI is InChI=1S/C11H21N3O2/c1-7(2)11(6-16-5)9(12)13-10(15)14(11)8(3)4/h7-8H,6H2,1-5H3,(H2,12,13,15). The molecule has 0 fully saturated rings. The van der Waals surface area contributed by atoms with Crippen molar-refractivity contribution in [2.24, 2.45) is 16.6 Å². The van der Waals surface area contributed by atoms with Crippen LogP contribution in [0.5, 0.6) is 0 Å². The van der Waals surface area contributed by atoms with Crippen LogP contribution in [0.2, 0.25) is 0 Å². The maximum atomic E-state index is 11.8. The van der Waals surface area contributed by atoms with E-state index >= 15 is 0 Å². The Hall–Kier alpha value is -1.10. The van der Waals surface area contributed by atoms with E-state index in [1.165, 1.54) is 0 Å². The number of nitrogens with two attached hydrogens (primary N) is 1. The molecule has 5 heteroatoms. The number of aliphatic imine (C=N–C) groups is 1. The Labute approximate surface area is 96.7 Å². The quantitative estimate of drug-likeness (QED) is 0.785. The molecule has 0 aliphatic carbocycles. The number of carbonyl (C=O) groups is 1. The normalized spacial score (nSPS) is 25.8. The molecule has 1 atom stereocenters. The van der Waals surface area contributed by atoms with E-state index in [-0.39, 0.29) is 18.0 Å². The van der Waals surface area contributed by atoms with Crippen LogP contribution in [0.3, 0.4) is 0 Å². The van der Waals surface area contributed by atoms with Gasteiger partial charge in [-0.1, -0.05) is 13.8 Å². The molecule has 0 aromatic carbocycles. The van der Waals surface area contributed by atoms with Crippen LogP contribution in [0.25, 0.3) is 0 Å². The first-order valence-electron chi connectivity index (χ1n) is 5.54. The van der Waals surface area contributed by atoms with Crippen LogP contribution in [0.4, 0.5) is 4.79 Å². The predicted octanol–water partition coefficient (Wildman–Crippen LogP) is 1.23. The van der Waals surface area contributed by atoms with Crippen LogP contribution in [0.1, 0.15) is 27.7 Å². The fourth-order valence-electron chi connectivity index (χ4n) is 2.33. The summed E-state index contributed by atoms with van der Waals surface area (Å²) in [5, 5.41) is 0. The van der Waals surface area contributed by atoms with Gasteiger partial charge in [-0.25, -0.2) is 4.79 Å². The lowest BCUT2D eigenvalue weighted by molar-refractivity contribution is 0.0414. The summed E-state index contributed by atoms with van der Waals surface area (Å²) in [7, 11) is 1.61. The minimum atomic E-state index is -0.597. The molecule has 0 aromatic rings. The first-order valence-corrected chi connectivity index (χ1v) is 5.54. The molecule has 0 saturated heterocycles. The number of hydrogen-bond acceptors (Lipinski definition) is 3. The largest absolute Gasteiger partial charge is 0.385 e. The lowest BCUT2D eigenvalue weighted by Crippen LogP contribution is -2.62. The highest BCUT2D eigenvalue weighted by Crippen LogP contribution is 2.33. The molecule has 2 amide bonds. The van der Waals surface area contributed by atoms with Crippen LogP contribution in [-0.2, 0) is 4.74 Å². The molecule has 0 spiro atoms. The summed E-state index contributed by atoms with van der Waals surface area (Å²) < 4.78 is 5.23. The topological polar surface area (TPSA) is 67.9 Å². The van der Waals surface area contributed by atoms with E-state index in [0.717, 1.165) is 0 Å². The molecule has 92 valence electrons. The van der Waals surface area contributed by atoms with Crippen molar-refractivity contribution in [1.82, 2.24) is 4.90 Å². The van der Waals surface area contributed by atoms with Gasteiger partial charge in [0.05, 0.1) is 6.61 Å². The molecule has 0 aromatic heterocycles. The fourth-order valence-corrected chi connectivity index (χ4v) is 2.33. The number of urea groups is 1. The maximum absolute atomic E-state index is 11.8. The highest BCUT2D eigenvalue weighted by molar-refractivity contribution is 6.06.